The third kappa shape index (κ3) is 4.69. The van der Waals surface area contributed by atoms with E-state index in [0.29, 0.717) is 39.2 Å². The van der Waals surface area contributed by atoms with Gasteiger partial charge < -0.3 is 14.5 Å². The first-order valence-corrected chi connectivity index (χ1v) is 9.25. The maximum atomic E-state index is 12.9. The van der Waals surface area contributed by atoms with Crippen LogP contribution >= 0.6 is 0 Å². The maximum absolute atomic E-state index is 12.9. The van der Waals surface area contributed by atoms with Crippen molar-refractivity contribution in [3.05, 3.63) is 18.0 Å². The number of carbonyl (C=O) groups excluding carboxylic acids is 1. The van der Waals surface area contributed by atoms with E-state index in [1.54, 1.807) is 7.11 Å². The van der Waals surface area contributed by atoms with Crippen molar-refractivity contribution in [1.29, 1.82) is 0 Å². The molecule has 3 rings (SSSR count). The number of ether oxygens (including phenoxy) is 1. The fraction of sp³-hybridized carbons (Fsp3) is 0.722. The van der Waals surface area contributed by atoms with E-state index in [1.165, 1.54) is 0 Å². The summed E-state index contributed by atoms with van der Waals surface area (Å²) in [6, 6.07) is 0.888. The third-order valence-corrected chi connectivity index (χ3v) is 5.56. The number of nitrogens with zero attached hydrogens (tertiary/aromatic N) is 4. The Morgan fingerprint density at radius 2 is 2.00 bits per heavy atom. The van der Waals surface area contributed by atoms with Crippen LogP contribution in [-0.2, 0) is 15.7 Å². The Balaban J connectivity index is 1.62. The number of methoxy groups -OCH3 is 1. The summed E-state index contributed by atoms with van der Waals surface area (Å²) in [6.45, 7) is 3.22. The van der Waals surface area contributed by atoms with E-state index in [1.807, 2.05) is 9.80 Å². The second kappa shape index (κ2) is 8.00. The highest BCUT2D eigenvalue weighted by Gasteiger charge is 2.41. The number of piperidine rings is 2. The van der Waals surface area contributed by atoms with Gasteiger partial charge in [-0.3, -0.25) is 4.79 Å². The SMILES string of the molecule is COCCCN1CC2(CCC1=O)CCN(c1nccc(C(F)(F)F)n1)CC2. The summed E-state index contributed by atoms with van der Waals surface area (Å²) < 4.78 is 43.7. The smallest absolute Gasteiger partial charge is 0.385 e. The molecule has 2 aliphatic heterocycles. The number of amides is 1. The van der Waals surface area contributed by atoms with Crippen LogP contribution in [0.25, 0.3) is 0 Å². The van der Waals surface area contributed by atoms with Gasteiger partial charge in [-0.05, 0) is 37.2 Å². The molecule has 0 unspecified atom stereocenters. The van der Waals surface area contributed by atoms with Crippen molar-refractivity contribution in [1.82, 2.24) is 14.9 Å². The minimum absolute atomic E-state index is 0.0408. The fourth-order valence-corrected chi connectivity index (χ4v) is 3.95. The average Bonchev–Trinajstić information content (AvgIpc) is 2.65. The van der Waals surface area contributed by atoms with E-state index in [-0.39, 0.29) is 17.3 Å². The monoisotopic (exact) mass is 386 g/mol. The van der Waals surface area contributed by atoms with Crippen LogP contribution in [-0.4, -0.2) is 60.7 Å². The Kier molecular flexibility index (Phi) is 5.88. The Bertz CT molecular complexity index is 660. The van der Waals surface area contributed by atoms with Gasteiger partial charge in [-0.25, -0.2) is 9.97 Å². The lowest BCUT2D eigenvalue weighted by Gasteiger charge is -2.47. The van der Waals surface area contributed by atoms with Gasteiger partial charge in [-0.1, -0.05) is 0 Å². The highest BCUT2D eigenvalue weighted by molar-refractivity contribution is 5.77. The predicted molar refractivity (Wildman–Crippen MR) is 93.2 cm³/mol. The normalized spacial score (nSPS) is 20.4. The number of carbonyl (C=O) groups is 1. The molecule has 1 spiro atoms. The molecule has 0 saturated carbocycles. The number of hydrogen-bond acceptors (Lipinski definition) is 5. The molecule has 0 radical (unpaired) electrons. The van der Waals surface area contributed by atoms with E-state index in [9.17, 15) is 18.0 Å². The predicted octanol–water partition coefficient (Wildman–Crippen LogP) is 2.74. The van der Waals surface area contributed by atoms with Crippen molar-refractivity contribution in [2.45, 2.75) is 38.3 Å². The lowest BCUT2D eigenvalue weighted by Crippen LogP contribution is -2.52. The Labute approximate surface area is 156 Å². The summed E-state index contributed by atoms with van der Waals surface area (Å²) in [7, 11) is 1.64. The highest BCUT2D eigenvalue weighted by atomic mass is 19.4. The van der Waals surface area contributed by atoms with Gasteiger partial charge in [0.05, 0.1) is 0 Å². The zero-order chi connectivity index (χ0) is 19.5. The van der Waals surface area contributed by atoms with Crippen molar-refractivity contribution >= 4 is 11.9 Å². The molecule has 0 bridgehead atoms. The van der Waals surface area contributed by atoms with Crippen molar-refractivity contribution in [2.75, 3.05) is 44.8 Å². The van der Waals surface area contributed by atoms with Gasteiger partial charge in [0.1, 0.15) is 5.69 Å². The molecule has 6 nitrogen and oxygen atoms in total. The van der Waals surface area contributed by atoms with E-state index in [2.05, 4.69) is 9.97 Å². The van der Waals surface area contributed by atoms with Gasteiger partial charge in [-0.2, -0.15) is 13.2 Å². The van der Waals surface area contributed by atoms with Crippen molar-refractivity contribution in [3.8, 4) is 0 Å². The Hall–Kier alpha value is -1.90. The Morgan fingerprint density at radius 3 is 2.67 bits per heavy atom. The van der Waals surface area contributed by atoms with E-state index in [0.717, 1.165) is 37.9 Å². The standard InChI is InChI=1S/C18H25F3N4O2/c1-27-12-2-9-25-13-17(5-3-15(25)26)6-10-24(11-7-17)16-22-8-4-14(23-16)18(19,20)21/h4,8H,2-3,5-7,9-13H2,1H3. The second-order valence-electron chi connectivity index (χ2n) is 7.39. The van der Waals surface area contributed by atoms with E-state index in [4.69, 9.17) is 4.74 Å². The minimum Gasteiger partial charge on any atom is -0.385 e. The third-order valence-electron chi connectivity index (χ3n) is 5.56. The highest BCUT2D eigenvalue weighted by Crippen LogP contribution is 2.41. The molecule has 1 amide bonds. The summed E-state index contributed by atoms with van der Waals surface area (Å²) in [4.78, 5) is 23.6. The second-order valence-corrected chi connectivity index (χ2v) is 7.39. The largest absolute Gasteiger partial charge is 0.433 e. The van der Waals surface area contributed by atoms with Gasteiger partial charge in [0, 0.05) is 52.5 Å². The van der Waals surface area contributed by atoms with Gasteiger partial charge in [0.15, 0.2) is 0 Å². The molecule has 0 aliphatic carbocycles. The van der Waals surface area contributed by atoms with Gasteiger partial charge in [-0.15, -0.1) is 0 Å². The van der Waals surface area contributed by atoms with Crippen LogP contribution in [0.4, 0.5) is 19.1 Å². The molecule has 2 saturated heterocycles. The summed E-state index contributed by atoms with van der Waals surface area (Å²) >= 11 is 0. The van der Waals surface area contributed by atoms with Crippen molar-refractivity contribution in [2.24, 2.45) is 5.41 Å². The first-order chi connectivity index (χ1) is 12.8. The Morgan fingerprint density at radius 1 is 1.26 bits per heavy atom. The van der Waals surface area contributed by atoms with Crippen LogP contribution in [0, 0.1) is 5.41 Å². The number of hydrogen-bond donors (Lipinski definition) is 0. The van der Waals surface area contributed by atoms with Crippen LogP contribution < -0.4 is 4.90 Å². The van der Waals surface area contributed by atoms with Crippen LogP contribution in [0.1, 0.15) is 37.8 Å². The molecule has 2 fully saturated rings. The average molecular weight is 386 g/mol. The molecular weight excluding hydrogens is 361 g/mol. The molecule has 150 valence electrons. The molecular formula is C18H25F3N4O2. The number of aromatic nitrogens is 2. The zero-order valence-electron chi connectivity index (χ0n) is 15.5. The molecule has 0 N–H and O–H groups in total. The van der Waals surface area contributed by atoms with Crippen LogP contribution in [0.15, 0.2) is 12.3 Å². The summed E-state index contributed by atoms with van der Waals surface area (Å²) in [5.74, 6) is 0.309. The molecule has 0 atom stereocenters. The first kappa shape index (κ1) is 19.9. The van der Waals surface area contributed by atoms with Crippen molar-refractivity contribution < 1.29 is 22.7 Å². The van der Waals surface area contributed by atoms with Crippen LogP contribution in [0.3, 0.4) is 0 Å². The number of halogens is 3. The van der Waals surface area contributed by atoms with Crippen LogP contribution in [0.2, 0.25) is 0 Å². The summed E-state index contributed by atoms with van der Waals surface area (Å²) in [5, 5.41) is 0. The zero-order valence-corrected chi connectivity index (χ0v) is 15.5. The fourth-order valence-electron chi connectivity index (χ4n) is 3.95. The molecule has 27 heavy (non-hydrogen) atoms. The molecule has 9 heteroatoms. The number of likely N-dealkylation sites (tertiary alicyclic amines) is 1. The quantitative estimate of drug-likeness (QED) is 0.729. The van der Waals surface area contributed by atoms with Crippen LogP contribution in [0.5, 0.6) is 0 Å². The number of anilines is 1. The topological polar surface area (TPSA) is 58.6 Å². The van der Waals surface area contributed by atoms with E-state index >= 15 is 0 Å². The molecule has 1 aromatic rings. The summed E-state index contributed by atoms with van der Waals surface area (Å²) in [5.41, 5.74) is -0.876. The lowest BCUT2D eigenvalue weighted by molar-refractivity contribution is -0.141. The summed E-state index contributed by atoms with van der Waals surface area (Å²) in [6.07, 6.45) is 0.508. The first-order valence-electron chi connectivity index (χ1n) is 9.25. The van der Waals surface area contributed by atoms with Gasteiger partial charge in [0.2, 0.25) is 11.9 Å². The van der Waals surface area contributed by atoms with Gasteiger partial charge >= 0.3 is 6.18 Å². The maximum Gasteiger partial charge on any atom is 0.433 e. The number of rotatable bonds is 5. The lowest BCUT2D eigenvalue weighted by atomic mass is 9.72. The molecule has 0 aromatic carbocycles. The van der Waals surface area contributed by atoms with Crippen molar-refractivity contribution in [3.63, 3.8) is 0 Å². The molecule has 2 aliphatic rings. The molecule has 3 heterocycles. The van der Waals surface area contributed by atoms with E-state index < -0.39 is 11.9 Å². The minimum atomic E-state index is -4.47. The molecule has 1 aromatic heterocycles. The number of alkyl halides is 3. The van der Waals surface area contributed by atoms with Gasteiger partial charge in [0.25, 0.3) is 0 Å².